The minimum absolute atomic E-state index is 0.104. The number of amides is 2. The summed E-state index contributed by atoms with van der Waals surface area (Å²) in [6.07, 6.45) is 1.01. The van der Waals surface area contributed by atoms with Crippen molar-refractivity contribution in [2.75, 3.05) is 31.1 Å². The molecule has 39 heavy (non-hydrogen) atoms. The number of phenolic OH excluding ortho intramolecular Hbond substituents is 1. The van der Waals surface area contributed by atoms with Crippen molar-refractivity contribution in [2.45, 2.75) is 38.4 Å². The van der Waals surface area contributed by atoms with E-state index in [0.29, 0.717) is 39.0 Å². The van der Waals surface area contributed by atoms with Gasteiger partial charge in [-0.3, -0.25) is 9.59 Å². The molecule has 0 spiro atoms. The van der Waals surface area contributed by atoms with Gasteiger partial charge in [0.1, 0.15) is 5.75 Å². The van der Waals surface area contributed by atoms with Gasteiger partial charge in [-0.05, 0) is 80.3 Å². The number of piperazine rings is 1. The summed E-state index contributed by atoms with van der Waals surface area (Å²) in [5.74, 6) is -0.340. The highest BCUT2D eigenvalue weighted by Crippen LogP contribution is 2.27. The van der Waals surface area contributed by atoms with Crippen LogP contribution in [0.5, 0.6) is 5.75 Å². The predicted molar refractivity (Wildman–Crippen MR) is 153 cm³/mol. The maximum Gasteiger partial charge on any atom is 0.264 e. The molecular weight excluding hydrogens is 514 g/mol. The van der Waals surface area contributed by atoms with Crippen LogP contribution in [0.15, 0.2) is 72.8 Å². The smallest absolute Gasteiger partial charge is 0.264 e. The molecule has 3 aromatic carbocycles. The third kappa shape index (κ3) is 6.78. The molecule has 0 bridgehead atoms. The summed E-state index contributed by atoms with van der Waals surface area (Å²) in [6, 6.07) is 21.9. The van der Waals surface area contributed by atoms with Gasteiger partial charge in [-0.25, -0.2) is 13.1 Å². The van der Waals surface area contributed by atoms with E-state index in [0.717, 1.165) is 22.4 Å². The van der Waals surface area contributed by atoms with Gasteiger partial charge in [0.25, 0.3) is 5.91 Å². The molecule has 8 nitrogen and oxygen atoms in total. The van der Waals surface area contributed by atoms with E-state index in [1.165, 1.54) is 20.8 Å². The van der Waals surface area contributed by atoms with E-state index >= 15 is 0 Å². The van der Waals surface area contributed by atoms with Crippen molar-refractivity contribution >= 4 is 27.5 Å². The quantitative estimate of drug-likeness (QED) is 0.458. The molecule has 0 unspecified atom stereocenters. The van der Waals surface area contributed by atoms with Gasteiger partial charge < -0.3 is 14.9 Å². The molecule has 2 amide bonds. The largest absolute Gasteiger partial charge is 0.508 e. The first kappa shape index (κ1) is 28.2. The van der Waals surface area contributed by atoms with Crippen LogP contribution in [0.3, 0.4) is 0 Å². The van der Waals surface area contributed by atoms with Crippen molar-refractivity contribution in [1.82, 2.24) is 9.62 Å². The van der Waals surface area contributed by atoms with E-state index in [1.54, 1.807) is 36.4 Å². The average Bonchev–Trinajstić information content (AvgIpc) is 2.91. The molecule has 1 fully saturated rings. The number of aryl methyl sites for hydroxylation is 1. The number of carbonyl (C=O) groups excluding carboxylic acids is 2. The number of nitrogens with zero attached hydrogens (tertiary/aromatic N) is 2. The van der Waals surface area contributed by atoms with Gasteiger partial charge in [0.2, 0.25) is 15.9 Å². The number of benzene rings is 3. The molecule has 0 saturated carbocycles. The summed E-state index contributed by atoms with van der Waals surface area (Å²) in [5.41, 5.74) is 4.18. The molecule has 1 aliphatic heterocycles. The zero-order chi connectivity index (χ0) is 28.2. The van der Waals surface area contributed by atoms with Crippen LogP contribution >= 0.6 is 0 Å². The maximum atomic E-state index is 13.0. The van der Waals surface area contributed by atoms with Gasteiger partial charge in [-0.2, -0.15) is 0 Å². The lowest BCUT2D eigenvalue weighted by molar-refractivity contribution is -0.131. The van der Waals surface area contributed by atoms with Gasteiger partial charge in [-0.1, -0.05) is 36.4 Å². The highest BCUT2D eigenvalue weighted by molar-refractivity contribution is 7.91. The Morgan fingerprint density at radius 3 is 2.21 bits per heavy atom. The molecule has 9 heteroatoms. The topological polar surface area (TPSA) is 107 Å². The summed E-state index contributed by atoms with van der Waals surface area (Å²) >= 11 is 0. The summed E-state index contributed by atoms with van der Waals surface area (Å²) in [6.45, 7) is 7.12. The number of hydrogen-bond acceptors (Lipinski definition) is 6. The van der Waals surface area contributed by atoms with Crippen LogP contribution in [0.4, 0.5) is 5.69 Å². The van der Waals surface area contributed by atoms with Crippen molar-refractivity contribution in [3.8, 4) is 16.9 Å². The first-order chi connectivity index (χ1) is 18.4. The van der Waals surface area contributed by atoms with E-state index in [9.17, 15) is 23.1 Å². The lowest BCUT2D eigenvalue weighted by Crippen LogP contribution is -2.48. The number of aromatic hydroxyl groups is 1. The van der Waals surface area contributed by atoms with Crippen LogP contribution in [-0.4, -0.2) is 61.2 Å². The van der Waals surface area contributed by atoms with E-state index < -0.39 is 20.7 Å². The fourth-order valence-corrected chi connectivity index (χ4v) is 5.13. The second-order valence-corrected chi connectivity index (χ2v) is 13.1. The standard InChI is InChI=1S/C30H35N3O5S/c1-30(2,3)39(37,38)31-29(36)23-11-14-25(15-12-23)32-17-19-33(20-18-32)28(35)16-13-22-7-4-5-10-27(22)24-8-6-9-26(34)21-24/h4-12,14-15,21,34H,13,16-20H2,1-3H3,(H,31,36). The molecule has 0 radical (unpaired) electrons. The minimum Gasteiger partial charge on any atom is -0.508 e. The van der Waals surface area contributed by atoms with Crippen LogP contribution in [-0.2, 0) is 21.2 Å². The molecule has 0 atom stereocenters. The SMILES string of the molecule is CC(C)(C)S(=O)(=O)NC(=O)c1ccc(N2CCN(C(=O)CCc3ccccc3-c3cccc(O)c3)CC2)cc1. The molecule has 0 aliphatic carbocycles. The summed E-state index contributed by atoms with van der Waals surface area (Å²) in [5, 5.41) is 9.86. The Balaban J connectivity index is 1.31. The van der Waals surface area contributed by atoms with Crippen molar-refractivity contribution in [1.29, 1.82) is 0 Å². The molecule has 2 N–H and O–H groups in total. The van der Waals surface area contributed by atoms with Crippen LogP contribution in [0, 0.1) is 0 Å². The van der Waals surface area contributed by atoms with Gasteiger partial charge in [0, 0.05) is 43.9 Å². The lowest BCUT2D eigenvalue weighted by atomic mass is 9.96. The second-order valence-electron chi connectivity index (χ2n) is 10.7. The van der Waals surface area contributed by atoms with Gasteiger partial charge in [0.05, 0.1) is 4.75 Å². The van der Waals surface area contributed by atoms with Crippen LogP contribution in [0.1, 0.15) is 43.1 Å². The minimum atomic E-state index is -3.79. The Hall–Kier alpha value is -3.85. The predicted octanol–water partition coefficient (Wildman–Crippen LogP) is 4.20. The third-order valence-electron chi connectivity index (χ3n) is 6.94. The van der Waals surface area contributed by atoms with Crippen molar-refractivity contribution < 1.29 is 23.1 Å². The molecule has 1 aliphatic rings. The Morgan fingerprint density at radius 1 is 0.897 bits per heavy atom. The molecule has 1 heterocycles. The van der Waals surface area contributed by atoms with Crippen LogP contribution in [0.25, 0.3) is 11.1 Å². The first-order valence-corrected chi connectivity index (χ1v) is 14.5. The van der Waals surface area contributed by atoms with Crippen molar-refractivity contribution in [3.63, 3.8) is 0 Å². The number of nitrogens with one attached hydrogen (secondary N) is 1. The van der Waals surface area contributed by atoms with Crippen molar-refractivity contribution in [2.24, 2.45) is 0 Å². The monoisotopic (exact) mass is 549 g/mol. The van der Waals surface area contributed by atoms with Gasteiger partial charge >= 0.3 is 0 Å². The first-order valence-electron chi connectivity index (χ1n) is 13.0. The molecule has 206 valence electrons. The third-order valence-corrected chi connectivity index (χ3v) is 9.01. The highest BCUT2D eigenvalue weighted by atomic mass is 32.2. The molecule has 0 aromatic heterocycles. The summed E-state index contributed by atoms with van der Waals surface area (Å²) in [4.78, 5) is 29.5. The van der Waals surface area contributed by atoms with E-state index in [-0.39, 0.29) is 17.2 Å². The van der Waals surface area contributed by atoms with E-state index in [4.69, 9.17) is 0 Å². The highest BCUT2D eigenvalue weighted by Gasteiger charge is 2.31. The maximum absolute atomic E-state index is 13.0. The van der Waals surface area contributed by atoms with Gasteiger partial charge in [-0.15, -0.1) is 0 Å². The van der Waals surface area contributed by atoms with E-state index in [1.807, 2.05) is 41.3 Å². The lowest BCUT2D eigenvalue weighted by Gasteiger charge is -2.36. The Labute approximate surface area is 230 Å². The van der Waals surface area contributed by atoms with Crippen molar-refractivity contribution in [3.05, 3.63) is 83.9 Å². The molecular formula is C30H35N3O5S. The normalized spacial score (nSPS) is 14.2. The summed E-state index contributed by atoms with van der Waals surface area (Å²) in [7, 11) is -3.79. The van der Waals surface area contributed by atoms with Crippen LogP contribution in [0.2, 0.25) is 0 Å². The van der Waals surface area contributed by atoms with Gasteiger partial charge in [0.15, 0.2) is 0 Å². The fraction of sp³-hybridized carbons (Fsp3) is 0.333. The zero-order valence-corrected chi connectivity index (χ0v) is 23.4. The average molecular weight is 550 g/mol. The molecule has 3 aromatic rings. The molecule has 1 saturated heterocycles. The summed E-state index contributed by atoms with van der Waals surface area (Å²) < 4.78 is 25.6. The fourth-order valence-electron chi connectivity index (χ4n) is 4.46. The van der Waals surface area contributed by atoms with E-state index in [2.05, 4.69) is 9.62 Å². The zero-order valence-electron chi connectivity index (χ0n) is 22.6. The number of sulfonamides is 1. The number of carbonyl (C=O) groups is 2. The molecule has 4 rings (SSSR count). The number of phenols is 1. The number of anilines is 1. The number of hydrogen-bond donors (Lipinski definition) is 2. The Morgan fingerprint density at radius 2 is 1.56 bits per heavy atom. The second kappa shape index (κ2) is 11.5. The Kier molecular flexibility index (Phi) is 8.30. The Bertz CT molecular complexity index is 1440. The van der Waals surface area contributed by atoms with Crippen LogP contribution < -0.4 is 9.62 Å². The number of rotatable bonds is 7.